The predicted molar refractivity (Wildman–Crippen MR) is 73.5 cm³/mol. The quantitative estimate of drug-likeness (QED) is 0.876. The first-order chi connectivity index (χ1) is 8.58. The number of piperidine rings is 1. The van der Waals surface area contributed by atoms with Gasteiger partial charge in [-0.05, 0) is 45.7 Å². The van der Waals surface area contributed by atoms with Gasteiger partial charge < -0.3 is 10.6 Å². The lowest BCUT2D eigenvalue weighted by atomic mass is 9.95. The van der Waals surface area contributed by atoms with E-state index < -0.39 is 0 Å². The molecule has 18 heavy (non-hydrogen) atoms. The lowest BCUT2D eigenvalue weighted by Gasteiger charge is -2.27. The Morgan fingerprint density at radius 3 is 3.11 bits per heavy atom. The molecule has 1 aromatic rings. The van der Waals surface area contributed by atoms with Crippen LogP contribution in [0.4, 0.5) is 0 Å². The van der Waals surface area contributed by atoms with Crippen molar-refractivity contribution >= 4 is 17.2 Å². The Morgan fingerprint density at radius 1 is 1.67 bits per heavy atom. The molecular formula is C13H21N3OS. The third-order valence-corrected chi connectivity index (χ3v) is 4.39. The van der Waals surface area contributed by atoms with Gasteiger partial charge in [0.15, 0.2) is 0 Å². The zero-order chi connectivity index (χ0) is 13.0. The average molecular weight is 267 g/mol. The van der Waals surface area contributed by atoms with Gasteiger partial charge in [0.1, 0.15) is 5.01 Å². The monoisotopic (exact) mass is 267 g/mol. The average Bonchev–Trinajstić information content (AvgIpc) is 2.83. The summed E-state index contributed by atoms with van der Waals surface area (Å²) in [6.07, 6.45) is 4.71. The summed E-state index contributed by atoms with van der Waals surface area (Å²) in [6.45, 7) is 6.06. The first-order valence-electron chi connectivity index (χ1n) is 6.49. The second kappa shape index (κ2) is 5.80. The summed E-state index contributed by atoms with van der Waals surface area (Å²) in [5.74, 6) is 0.606. The Balaban J connectivity index is 1.86. The second-order valence-corrected chi connectivity index (χ2v) is 6.32. The number of carbonyl (C=O) groups excluding carboxylic acids is 1. The maximum Gasteiger partial charge on any atom is 0.221 e. The highest BCUT2D eigenvalue weighted by Gasteiger charge is 2.26. The van der Waals surface area contributed by atoms with Crippen LogP contribution in [0, 0.1) is 5.92 Å². The Bertz CT molecular complexity index is 383. The normalized spacial score (nSPS) is 20.7. The summed E-state index contributed by atoms with van der Waals surface area (Å²) in [5, 5.41) is 9.32. The van der Waals surface area contributed by atoms with Crippen LogP contribution >= 0.6 is 11.3 Å². The molecule has 0 radical (unpaired) electrons. The molecule has 1 aliphatic heterocycles. The molecule has 1 amide bonds. The van der Waals surface area contributed by atoms with E-state index in [9.17, 15) is 4.79 Å². The zero-order valence-electron chi connectivity index (χ0n) is 11.0. The van der Waals surface area contributed by atoms with E-state index in [1.165, 1.54) is 6.42 Å². The van der Waals surface area contributed by atoms with E-state index >= 15 is 0 Å². The third-order valence-electron chi connectivity index (χ3n) is 3.29. The summed E-state index contributed by atoms with van der Waals surface area (Å²) in [4.78, 5) is 16.3. The summed E-state index contributed by atoms with van der Waals surface area (Å²) < 4.78 is 0. The number of nitrogens with one attached hydrogen (secondary N) is 2. The maximum atomic E-state index is 12.1. The van der Waals surface area contributed by atoms with Gasteiger partial charge in [0.2, 0.25) is 5.91 Å². The van der Waals surface area contributed by atoms with Crippen molar-refractivity contribution in [3.63, 3.8) is 0 Å². The van der Waals surface area contributed by atoms with Crippen LogP contribution in [0.2, 0.25) is 0 Å². The van der Waals surface area contributed by atoms with Gasteiger partial charge in [0, 0.05) is 18.0 Å². The molecule has 0 aromatic carbocycles. The fourth-order valence-electron chi connectivity index (χ4n) is 2.35. The van der Waals surface area contributed by atoms with Crippen LogP contribution in [0.3, 0.4) is 0 Å². The molecule has 2 N–H and O–H groups in total. The van der Waals surface area contributed by atoms with E-state index in [1.54, 1.807) is 17.5 Å². The van der Waals surface area contributed by atoms with Crippen LogP contribution in [0.1, 0.15) is 38.1 Å². The van der Waals surface area contributed by atoms with Gasteiger partial charge in [0.25, 0.3) is 0 Å². The minimum absolute atomic E-state index is 0.129. The van der Waals surface area contributed by atoms with E-state index in [0.29, 0.717) is 12.3 Å². The number of hydrogen-bond donors (Lipinski definition) is 2. The van der Waals surface area contributed by atoms with Crippen molar-refractivity contribution in [3.8, 4) is 0 Å². The lowest BCUT2D eigenvalue weighted by Crippen LogP contribution is -2.42. The van der Waals surface area contributed by atoms with E-state index in [-0.39, 0.29) is 11.4 Å². The first-order valence-corrected chi connectivity index (χ1v) is 7.37. The van der Waals surface area contributed by atoms with Crippen molar-refractivity contribution in [1.82, 2.24) is 15.6 Å². The van der Waals surface area contributed by atoms with Gasteiger partial charge in [-0.3, -0.25) is 4.79 Å². The molecular weight excluding hydrogens is 246 g/mol. The molecule has 1 aromatic heterocycles. The summed E-state index contributed by atoms with van der Waals surface area (Å²) in [6, 6.07) is 0. The molecule has 4 nitrogen and oxygen atoms in total. The van der Waals surface area contributed by atoms with Crippen molar-refractivity contribution in [2.45, 2.75) is 38.6 Å². The highest BCUT2D eigenvalue weighted by Crippen LogP contribution is 2.23. The number of rotatable bonds is 4. The molecule has 5 heteroatoms. The summed E-state index contributed by atoms with van der Waals surface area (Å²) in [7, 11) is 0. The SMILES string of the molecule is CC(C)(NC(=O)CC1CCCNC1)c1nccs1. The Morgan fingerprint density at radius 2 is 2.50 bits per heavy atom. The third kappa shape index (κ3) is 3.53. The Hall–Kier alpha value is -0.940. The molecule has 0 aliphatic carbocycles. The fourth-order valence-corrected chi connectivity index (χ4v) is 3.06. The Labute approximate surface area is 112 Å². The second-order valence-electron chi connectivity index (χ2n) is 5.43. The van der Waals surface area contributed by atoms with Gasteiger partial charge in [-0.25, -0.2) is 4.98 Å². The van der Waals surface area contributed by atoms with Crippen LogP contribution in [-0.4, -0.2) is 24.0 Å². The Kier molecular flexibility index (Phi) is 4.35. The maximum absolute atomic E-state index is 12.1. The molecule has 1 aliphatic rings. The predicted octanol–water partition coefficient (Wildman–Crippen LogP) is 1.88. The highest BCUT2D eigenvalue weighted by molar-refractivity contribution is 7.09. The first kappa shape index (κ1) is 13.5. The number of aromatic nitrogens is 1. The van der Waals surface area contributed by atoms with Crippen molar-refractivity contribution in [2.75, 3.05) is 13.1 Å². The van der Waals surface area contributed by atoms with Crippen LogP contribution < -0.4 is 10.6 Å². The van der Waals surface area contributed by atoms with Gasteiger partial charge in [-0.2, -0.15) is 0 Å². The lowest BCUT2D eigenvalue weighted by molar-refractivity contribution is -0.123. The molecule has 100 valence electrons. The minimum atomic E-state index is -0.368. The van der Waals surface area contributed by atoms with Crippen molar-refractivity contribution in [1.29, 1.82) is 0 Å². The number of amides is 1. The number of hydrogen-bond acceptors (Lipinski definition) is 4. The van der Waals surface area contributed by atoms with Crippen molar-refractivity contribution in [3.05, 3.63) is 16.6 Å². The number of nitrogens with zero attached hydrogens (tertiary/aromatic N) is 1. The highest BCUT2D eigenvalue weighted by atomic mass is 32.1. The number of thiazole rings is 1. The van der Waals surface area contributed by atoms with E-state index in [4.69, 9.17) is 0 Å². The zero-order valence-corrected chi connectivity index (χ0v) is 11.8. The minimum Gasteiger partial charge on any atom is -0.345 e. The molecule has 0 spiro atoms. The standard InChI is InChI=1S/C13H21N3OS/c1-13(2,12-15-6-7-18-12)16-11(17)8-10-4-3-5-14-9-10/h6-7,10,14H,3-5,8-9H2,1-2H3,(H,16,17). The van der Waals surface area contributed by atoms with E-state index in [1.807, 2.05) is 19.2 Å². The molecule has 2 heterocycles. The number of carbonyl (C=O) groups is 1. The van der Waals surface area contributed by atoms with E-state index in [2.05, 4.69) is 15.6 Å². The van der Waals surface area contributed by atoms with Crippen LogP contribution in [0.25, 0.3) is 0 Å². The van der Waals surface area contributed by atoms with Gasteiger partial charge >= 0.3 is 0 Å². The molecule has 1 saturated heterocycles. The van der Waals surface area contributed by atoms with E-state index in [0.717, 1.165) is 24.5 Å². The molecule has 1 unspecified atom stereocenters. The van der Waals surface area contributed by atoms with Crippen molar-refractivity contribution < 1.29 is 4.79 Å². The topological polar surface area (TPSA) is 54.0 Å². The molecule has 0 saturated carbocycles. The van der Waals surface area contributed by atoms with Crippen LogP contribution in [0.5, 0.6) is 0 Å². The fraction of sp³-hybridized carbons (Fsp3) is 0.692. The molecule has 1 atom stereocenters. The molecule has 0 bridgehead atoms. The summed E-state index contributed by atoms with van der Waals surface area (Å²) in [5.41, 5.74) is -0.368. The summed E-state index contributed by atoms with van der Waals surface area (Å²) >= 11 is 1.58. The van der Waals surface area contributed by atoms with Crippen molar-refractivity contribution in [2.24, 2.45) is 5.92 Å². The molecule has 2 rings (SSSR count). The van der Waals surface area contributed by atoms with Gasteiger partial charge in [-0.1, -0.05) is 0 Å². The smallest absolute Gasteiger partial charge is 0.221 e. The van der Waals surface area contributed by atoms with Crippen LogP contribution in [0.15, 0.2) is 11.6 Å². The van der Waals surface area contributed by atoms with Gasteiger partial charge in [0.05, 0.1) is 5.54 Å². The van der Waals surface area contributed by atoms with Crippen LogP contribution in [-0.2, 0) is 10.3 Å². The molecule has 1 fully saturated rings. The largest absolute Gasteiger partial charge is 0.345 e. The van der Waals surface area contributed by atoms with Gasteiger partial charge in [-0.15, -0.1) is 11.3 Å².